The van der Waals surface area contributed by atoms with E-state index in [0.717, 1.165) is 44.1 Å². The second-order valence-electron chi connectivity index (χ2n) is 9.09. The third kappa shape index (κ3) is 6.67. The molecule has 0 bridgehead atoms. The van der Waals surface area contributed by atoms with Crippen LogP contribution >= 0.6 is 0 Å². The summed E-state index contributed by atoms with van der Waals surface area (Å²) in [6.45, 7) is 6.38. The van der Waals surface area contributed by atoms with Crippen molar-refractivity contribution in [2.24, 2.45) is 4.99 Å². The van der Waals surface area contributed by atoms with Gasteiger partial charge in [0.2, 0.25) is 0 Å². The average molecular weight is 450 g/mol. The van der Waals surface area contributed by atoms with E-state index < -0.39 is 9.84 Å². The smallest absolute Gasteiger partial charge is 0.191 e. The molecular weight excluding hydrogens is 410 g/mol. The number of rotatable bonds is 7. The molecule has 7 nitrogen and oxygen atoms in total. The number of likely N-dealkylation sites (tertiary alicyclic amines) is 2. The summed E-state index contributed by atoms with van der Waals surface area (Å²) in [5.74, 6) is 0.836. The van der Waals surface area contributed by atoms with Gasteiger partial charge in [-0.2, -0.15) is 0 Å². The molecule has 0 spiro atoms. The number of guanidine groups is 1. The van der Waals surface area contributed by atoms with E-state index in [0.29, 0.717) is 4.90 Å². The molecule has 2 aliphatic heterocycles. The molecule has 0 amide bonds. The van der Waals surface area contributed by atoms with E-state index in [9.17, 15) is 8.42 Å². The van der Waals surface area contributed by atoms with Gasteiger partial charge >= 0.3 is 0 Å². The largest absolute Gasteiger partial charge is 0.356 e. The molecular formula is C23H39N5O2S. The number of hydrogen-bond donors (Lipinski definition) is 2. The number of nitrogens with one attached hydrogen (secondary N) is 2. The first-order chi connectivity index (χ1) is 14.8. The Hall–Kier alpha value is -1.64. The first-order valence-electron chi connectivity index (χ1n) is 11.5. The van der Waals surface area contributed by atoms with Gasteiger partial charge < -0.3 is 15.5 Å². The van der Waals surface area contributed by atoms with Crippen LogP contribution in [0.3, 0.4) is 0 Å². The maximum absolute atomic E-state index is 11.6. The van der Waals surface area contributed by atoms with Gasteiger partial charge in [0.25, 0.3) is 0 Å². The van der Waals surface area contributed by atoms with Crippen LogP contribution in [0.2, 0.25) is 0 Å². The number of aliphatic imine (C=N–C) groups is 1. The predicted molar refractivity (Wildman–Crippen MR) is 128 cm³/mol. The number of piperidine rings is 2. The van der Waals surface area contributed by atoms with Crippen molar-refractivity contribution in [3.05, 3.63) is 29.8 Å². The zero-order valence-corrected chi connectivity index (χ0v) is 20.2. The van der Waals surface area contributed by atoms with Gasteiger partial charge in [0, 0.05) is 31.9 Å². The Balaban J connectivity index is 1.52. The molecule has 0 radical (unpaired) electrons. The van der Waals surface area contributed by atoms with E-state index in [1.165, 1.54) is 51.4 Å². The van der Waals surface area contributed by atoms with Crippen molar-refractivity contribution >= 4 is 15.8 Å². The SMILES string of the molecule is CN=C(NCCc1ccc(S(C)(=O)=O)cc1)NCC1(N2CCCCC2)CCN(C)CC1. The Kier molecular flexibility index (Phi) is 8.36. The standard InChI is InChI=1S/C23H39N5O2S/c1-24-22(25-14-11-20-7-9-21(10-8-20)31(3,29)30)26-19-23(12-17-27(2)18-13-23)28-15-5-4-6-16-28/h7-10H,4-6,11-19H2,1-3H3,(H2,24,25,26). The fourth-order valence-electron chi connectivity index (χ4n) is 4.71. The number of benzene rings is 1. The molecule has 3 rings (SSSR count). The highest BCUT2D eigenvalue weighted by Gasteiger charge is 2.39. The molecule has 2 saturated heterocycles. The molecule has 0 unspecified atom stereocenters. The third-order valence-electron chi connectivity index (χ3n) is 6.81. The number of sulfone groups is 1. The first kappa shape index (κ1) is 24.0. The summed E-state index contributed by atoms with van der Waals surface area (Å²) < 4.78 is 23.2. The van der Waals surface area contributed by atoms with Gasteiger partial charge in [-0.3, -0.25) is 9.89 Å². The number of hydrogen-bond acceptors (Lipinski definition) is 5. The lowest BCUT2D eigenvalue weighted by molar-refractivity contribution is 0.0173. The van der Waals surface area contributed by atoms with Crippen LogP contribution < -0.4 is 10.6 Å². The lowest BCUT2D eigenvalue weighted by atomic mass is 9.84. The lowest BCUT2D eigenvalue weighted by Gasteiger charge is -2.50. The Morgan fingerprint density at radius 3 is 2.26 bits per heavy atom. The molecule has 2 aliphatic rings. The van der Waals surface area contributed by atoms with Crippen LogP contribution in [-0.4, -0.2) is 89.3 Å². The quantitative estimate of drug-likeness (QED) is 0.488. The van der Waals surface area contributed by atoms with Crippen molar-refractivity contribution in [1.82, 2.24) is 20.4 Å². The highest BCUT2D eigenvalue weighted by atomic mass is 32.2. The summed E-state index contributed by atoms with van der Waals surface area (Å²) in [7, 11) is 0.891. The molecule has 2 heterocycles. The summed E-state index contributed by atoms with van der Waals surface area (Å²) in [4.78, 5) is 9.96. The minimum Gasteiger partial charge on any atom is -0.356 e. The van der Waals surface area contributed by atoms with E-state index in [1.54, 1.807) is 12.1 Å². The maximum atomic E-state index is 11.6. The normalized spacial score (nSPS) is 21.1. The minimum absolute atomic E-state index is 0.214. The van der Waals surface area contributed by atoms with E-state index in [4.69, 9.17) is 0 Å². The maximum Gasteiger partial charge on any atom is 0.191 e. The molecule has 0 saturated carbocycles. The number of nitrogens with zero attached hydrogens (tertiary/aromatic N) is 3. The van der Waals surface area contributed by atoms with Crippen molar-refractivity contribution in [2.75, 3.05) is 59.6 Å². The lowest BCUT2D eigenvalue weighted by Crippen LogP contribution is -2.62. The molecule has 0 aromatic heterocycles. The zero-order chi connectivity index (χ0) is 22.3. The summed E-state index contributed by atoms with van der Waals surface area (Å²) >= 11 is 0. The monoisotopic (exact) mass is 449 g/mol. The van der Waals surface area contributed by atoms with Crippen LogP contribution in [0.15, 0.2) is 34.2 Å². The van der Waals surface area contributed by atoms with Crippen LogP contribution in [0.25, 0.3) is 0 Å². The van der Waals surface area contributed by atoms with Gasteiger partial charge in [0.15, 0.2) is 15.8 Å². The summed E-state index contributed by atoms with van der Waals surface area (Å²) in [6.07, 6.45) is 8.41. The van der Waals surface area contributed by atoms with E-state index in [1.807, 2.05) is 19.2 Å². The fourth-order valence-corrected chi connectivity index (χ4v) is 5.34. The average Bonchev–Trinajstić information content (AvgIpc) is 2.78. The molecule has 1 aromatic rings. The van der Waals surface area contributed by atoms with Gasteiger partial charge in [-0.05, 0) is 83.0 Å². The summed E-state index contributed by atoms with van der Waals surface area (Å²) in [6, 6.07) is 7.14. The third-order valence-corrected chi connectivity index (χ3v) is 7.94. The van der Waals surface area contributed by atoms with Crippen LogP contribution in [-0.2, 0) is 16.3 Å². The van der Waals surface area contributed by atoms with Crippen molar-refractivity contribution in [3.63, 3.8) is 0 Å². The second-order valence-corrected chi connectivity index (χ2v) is 11.1. The van der Waals surface area contributed by atoms with Gasteiger partial charge in [-0.1, -0.05) is 18.6 Å². The summed E-state index contributed by atoms with van der Waals surface area (Å²) in [5, 5.41) is 7.03. The Bertz CT molecular complexity index is 824. The van der Waals surface area contributed by atoms with Gasteiger partial charge in [-0.15, -0.1) is 0 Å². The van der Waals surface area contributed by atoms with Gasteiger partial charge in [0.1, 0.15) is 0 Å². The Morgan fingerprint density at radius 2 is 1.68 bits per heavy atom. The molecule has 0 atom stereocenters. The molecule has 2 N–H and O–H groups in total. The van der Waals surface area contributed by atoms with E-state index >= 15 is 0 Å². The molecule has 174 valence electrons. The summed E-state index contributed by atoms with van der Waals surface area (Å²) in [5.41, 5.74) is 1.32. The molecule has 2 fully saturated rings. The van der Waals surface area contributed by atoms with Gasteiger partial charge in [-0.25, -0.2) is 8.42 Å². The van der Waals surface area contributed by atoms with E-state index in [-0.39, 0.29) is 5.54 Å². The van der Waals surface area contributed by atoms with Crippen LogP contribution in [0.4, 0.5) is 0 Å². The topological polar surface area (TPSA) is 77.0 Å². The highest BCUT2D eigenvalue weighted by molar-refractivity contribution is 7.90. The van der Waals surface area contributed by atoms with E-state index in [2.05, 4.69) is 32.5 Å². The van der Waals surface area contributed by atoms with Crippen molar-refractivity contribution in [3.8, 4) is 0 Å². The van der Waals surface area contributed by atoms with Crippen molar-refractivity contribution in [2.45, 2.75) is 49.0 Å². The second kappa shape index (κ2) is 10.8. The predicted octanol–water partition coefficient (Wildman–Crippen LogP) is 1.75. The van der Waals surface area contributed by atoms with Crippen LogP contribution in [0.1, 0.15) is 37.7 Å². The van der Waals surface area contributed by atoms with Crippen LogP contribution in [0, 0.1) is 0 Å². The van der Waals surface area contributed by atoms with Crippen LogP contribution in [0.5, 0.6) is 0 Å². The molecule has 1 aromatic carbocycles. The Morgan fingerprint density at radius 1 is 1.03 bits per heavy atom. The zero-order valence-electron chi connectivity index (χ0n) is 19.4. The van der Waals surface area contributed by atoms with Crippen molar-refractivity contribution in [1.29, 1.82) is 0 Å². The fraction of sp³-hybridized carbons (Fsp3) is 0.696. The molecule has 0 aliphatic carbocycles. The highest BCUT2D eigenvalue weighted by Crippen LogP contribution is 2.30. The minimum atomic E-state index is -3.15. The molecule has 8 heteroatoms. The van der Waals surface area contributed by atoms with Gasteiger partial charge in [0.05, 0.1) is 4.90 Å². The molecule has 31 heavy (non-hydrogen) atoms. The first-order valence-corrected chi connectivity index (χ1v) is 13.4. The Labute approximate surface area is 188 Å². The van der Waals surface area contributed by atoms with Crippen molar-refractivity contribution < 1.29 is 8.42 Å².